The van der Waals surface area contributed by atoms with Crippen molar-refractivity contribution in [1.82, 2.24) is 29.5 Å². The first-order chi connectivity index (χ1) is 10.7. The van der Waals surface area contributed by atoms with Gasteiger partial charge >= 0.3 is 0 Å². The Bertz CT molecular complexity index is 893. The number of aromatic nitrogens is 6. The fourth-order valence-corrected chi connectivity index (χ4v) is 2.75. The smallest absolute Gasteiger partial charge is 0.163 e. The lowest BCUT2D eigenvalue weighted by Gasteiger charge is -2.40. The average molecular weight is 294 g/mol. The van der Waals surface area contributed by atoms with E-state index in [0.717, 1.165) is 35.8 Å². The molecular weight excluding hydrogens is 280 g/mol. The lowest BCUT2D eigenvalue weighted by molar-refractivity contribution is 0.366. The maximum atomic E-state index is 8.86. The summed E-state index contributed by atoms with van der Waals surface area (Å²) in [5.74, 6) is 1.65. The lowest BCUT2D eigenvalue weighted by Crippen LogP contribution is -2.48. The number of aryl methyl sites for hydroxylation is 2. The first kappa shape index (κ1) is 12.8. The molecule has 4 heterocycles. The molecule has 3 aromatic heterocycles. The molecule has 0 radical (unpaired) electrons. The third-order valence-corrected chi connectivity index (χ3v) is 3.95. The minimum absolute atomic E-state index is 0.268. The third-order valence-electron chi connectivity index (χ3n) is 3.95. The number of nitriles is 1. The Balaban J connectivity index is 1.61. The third kappa shape index (κ3) is 1.83. The largest absolute Gasteiger partial charge is 0.351 e. The van der Waals surface area contributed by atoms with Gasteiger partial charge in [-0.3, -0.25) is 9.36 Å². The summed E-state index contributed by atoms with van der Waals surface area (Å²) in [6.45, 7) is 3.51. The summed E-state index contributed by atoms with van der Waals surface area (Å²) in [5, 5.41) is 18.3. The van der Waals surface area contributed by atoms with Crippen LogP contribution in [0.3, 0.4) is 0 Å². The van der Waals surface area contributed by atoms with E-state index >= 15 is 0 Å². The summed E-state index contributed by atoms with van der Waals surface area (Å²) in [6, 6.07) is 2.37. The van der Waals surface area contributed by atoms with Gasteiger partial charge in [0, 0.05) is 26.3 Å². The van der Waals surface area contributed by atoms with Crippen molar-refractivity contribution in [2.75, 3.05) is 18.0 Å². The fraction of sp³-hybridized carbons (Fsp3) is 0.357. The molecule has 1 fully saturated rings. The van der Waals surface area contributed by atoms with Gasteiger partial charge in [-0.25, -0.2) is 9.97 Å². The van der Waals surface area contributed by atoms with E-state index in [1.165, 1.54) is 0 Å². The minimum Gasteiger partial charge on any atom is -0.351 e. The average Bonchev–Trinajstić information content (AvgIpc) is 3.05. The zero-order valence-corrected chi connectivity index (χ0v) is 12.3. The molecule has 3 aromatic rings. The standard InChI is InChI=1S/C14H14N8/c1-9-18-13-12(5-16-20(13)2)14(19-9)21-7-11(8-21)22-6-10(3-15)4-17-22/h4-6,11H,7-8H2,1-2H3. The summed E-state index contributed by atoms with van der Waals surface area (Å²) in [6.07, 6.45) is 5.18. The van der Waals surface area contributed by atoms with Crippen LogP contribution < -0.4 is 4.90 Å². The van der Waals surface area contributed by atoms with Crippen LogP contribution in [0.1, 0.15) is 17.4 Å². The number of hydrogen-bond acceptors (Lipinski definition) is 6. The maximum absolute atomic E-state index is 8.86. The molecule has 0 atom stereocenters. The van der Waals surface area contributed by atoms with Crippen LogP contribution in [0.4, 0.5) is 5.82 Å². The maximum Gasteiger partial charge on any atom is 0.163 e. The van der Waals surface area contributed by atoms with Crippen molar-refractivity contribution in [2.45, 2.75) is 13.0 Å². The zero-order valence-electron chi connectivity index (χ0n) is 12.3. The molecule has 0 amide bonds. The summed E-state index contributed by atoms with van der Waals surface area (Å²) < 4.78 is 3.61. The summed E-state index contributed by atoms with van der Waals surface area (Å²) in [5.41, 5.74) is 1.43. The molecule has 8 heteroatoms. The summed E-state index contributed by atoms with van der Waals surface area (Å²) in [7, 11) is 1.88. The van der Waals surface area contributed by atoms with Gasteiger partial charge < -0.3 is 4.90 Å². The molecule has 0 unspecified atom stereocenters. The van der Waals surface area contributed by atoms with E-state index in [2.05, 4.69) is 31.1 Å². The van der Waals surface area contributed by atoms with Crippen LogP contribution in [-0.2, 0) is 7.05 Å². The van der Waals surface area contributed by atoms with E-state index in [9.17, 15) is 0 Å². The quantitative estimate of drug-likeness (QED) is 0.694. The van der Waals surface area contributed by atoms with Gasteiger partial charge in [-0.1, -0.05) is 0 Å². The first-order valence-corrected chi connectivity index (χ1v) is 7.01. The molecule has 110 valence electrons. The molecule has 1 saturated heterocycles. The van der Waals surface area contributed by atoms with Gasteiger partial charge in [0.1, 0.15) is 17.7 Å². The Labute approximate surface area is 126 Å². The second kappa shape index (κ2) is 4.53. The van der Waals surface area contributed by atoms with Crippen molar-refractivity contribution < 1.29 is 0 Å². The van der Waals surface area contributed by atoms with Gasteiger partial charge in [-0.2, -0.15) is 15.5 Å². The molecule has 1 aliphatic rings. The summed E-state index contributed by atoms with van der Waals surface area (Å²) in [4.78, 5) is 11.2. The van der Waals surface area contributed by atoms with Crippen molar-refractivity contribution in [3.05, 3.63) is 30.0 Å². The second-order valence-corrected chi connectivity index (χ2v) is 5.48. The Hall–Kier alpha value is -2.95. The lowest BCUT2D eigenvalue weighted by atomic mass is 10.1. The SMILES string of the molecule is Cc1nc(N2CC(n3cc(C#N)cn3)C2)c2cnn(C)c2n1. The van der Waals surface area contributed by atoms with Crippen molar-refractivity contribution >= 4 is 16.9 Å². The van der Waals surface area contributed by atoms with E-state index in [-0.39, 0.29) is 6.04 Å². The highest BCUT2D eigenvalue weighted by Crippen LogP contribution is 2.31. The molecular formula is C14H14N8. The highest BCUT2D eigenvalue weighted by atomic mass is 15.4. The number of fused-ring (bicyclic) bond motifs is 1. The number of nitrogens with zero attached hydrogens (tertiary/aromatic N) is 8. The molecule has 0 aliphatic carbocycles. The van der Waals surface area contributed by atoms with Gasteiger partial charge in [0.15, 0.2) is 5.65 Å². The molecule has 0 bridgehead atoms. The minimum atomic E-state index is 0.268. The molecule has 0 N–H and O–H groups in total. The van der Waals surface area contributed by atoms with Crippen LogP contribution in [0.25, 0.3) is 11.0 Å². The van der Waals surface area contributed by atoms with Crippen LogP contribution in [0.2, 0.25) is 0 Å². The Kier molecular flexibility index (Phi) is 2.63. The Morgan fingerprint density at radius 3 is 2.77 bits per heavy atom. The Morgan fingerprint density at radius 2 is 2.05 bits per heavy atom. The number of hydrogen-bond donors (Lipinski definition) is 0. The molecule has 8 nitrogen and oxygen atoms in total. The van der Waals surface area contributed by atoms with Gasteiger partial charge in [-0.05, 0) is 6.92 Å². The monoisotopic (exact) mass is 294 g/mol. The zero-order chi connectivity index (χ0) is 15.3. The van der Waals surface area contributed by atoms with Crippen LogP contribution >= 0.6 is 0 Å². The van der Waals surface area contributed by atoms with Gasteiger partial charge in [0.05, 0.1) is 29.4 Å². The molecule has 0 spiro atoms. The number of anilines is 1. The van der Waals surface area contributed by atoms with E-state index in [1.807, 2.05) is 18.7 Å². The van der Waals surface area contributed by atoms with Gasteiger partial charge in [0.2, 0.25) is 0 Å². The first-order valence-electron chi connectivity index (χ1n) is 7.01. The van der Waals surface area contributed by atoms with E-state index in [1.54, 1.807) is 23.3 Å². The molecule has 22 heavy (non-hydrogen) atoms. The molecule has 1 aliphatic heterocycles. The van der Waals surface area contributed by atoms with Crippen LogP contribution in [0, 0.1) is 18.3 Å². The van der Waals surface area contributed by atoms with Crippen LogP contribution in [-0.4, -0.2) is 42.6 Å². The van der Waals surface area contributed by atoms with E-state index < -0.39 is 0 Å². The van der Waals surface area contributed by atoms with Crippen LogP contribution in [0.5, 0.6) is 0 Å². The predicted octanol–water partition coefficient (Wildman–Crippen LogP) is 0.801. The van der Waals surface area contributed by atoms with E-state index in [0.29, 0.717) is 5.56 Å². The topological polar surface area (TPSA) is 88.5 Å². The number of rotatable bonds is 2. The van der Waals surface area contributed by atoms with Gasteiger partial charge in [0.25, 0.3) is 0 Å². The predicted molar refractivity (Wildman–Crippen MR) is 79.2 cm³/mol. The normalized spacial score (nSPS) is 15.0. The summed E-state index contributed by atoms with van der Waals surface area (Å²) >= 11 is 0. The van der Waals surface area contributed by atoms with Gasteiger partial charge in [-0.15, -0.1) is 0 Å². The molecule has 4 rings (SSSR count). The van der Waals surface area contributed by atoms with E-state index in [4.69, 9.17) is 5.26 Å². The van der Waals surface area contributed by atoms with Crippen LogP contribution in [0.15, 0.2) is 18.6 Å². The fourth-order valence-electron chi connectivity index (χ4n) is 2.75. The van der Waals surface area contributed by atoms with Crippen molar-refractivity contribution in [1.29, 1.82) is 5.26 Å². The Morgan fingerprint density at radius 1 is 1.23 bits per heavy atom. The highest BCUT2D eigenvalue weighted by molar-refractivity contribution is 5.87. The van der Waals surface area contributed by atoms with Crippen molar-refractivity contribution in [3.8, 4) is 6.07 Å². The highest BCUT2D eigenvalue weighted by Gasteiger charge is 2.31. The van der Waals surface area contributed by atoms with Crippen molar-refractivity contribution in [2.24, 2.45) is 7.05 Å². The molecule has 0 saturated carbocycles. The molecule has 0 aromatic carbocycles. The second-order valence-electron chi connectivity index (χ2n) is 5.48. The van der Waals surface area contributed by atoms with Crippen molar-refractivity contribution in [3.63, 3.8) is 0 Å².